The highest BCUT2D eigenvalue weighted by Gasteiger charge is 2.26. The zero-order valence-electron chi connectivity index (χ0n) is 9.32. The van der Waals surface area contributed by atoms with Gasteiger partial charge in [-0.25, -0.2) is 4.39 Å². The van der Waals surface area contributed by atoms with Gasteiger partial charge in [-0.15, -0.1) is 0 Å². The molecule has 2 nitrogen and oxygen atoms in total. The maximum absolute atomic E-state index is 13.7. The molecule has 0 fully saturated rings. The molecule has 1 atom stereocenters. The number of hydrogen-bond acceptors (Lipinski definition) is 2. The van der Waals surface area contributed by atoms with E-state index in [1.807, 2.05) is 24.3 Å². The Balaban J connectivity index is 2.49. The number of nitrogens with zero attached hydrogens (tertiary/aromatic N) is 1. The van der Waals surface area contributed by atoms with Crippen molar-refractivity contribution in [3.63, 3.8) is 0 Å². The number of nitrogens with two attached hydrogens (primary N) is 1. The summed E-state index contributed by atoms with van der Waals surface area (Å²) in [6.45, 7) is 1.79. The van der Waals surface area contributed by atoms with E-state index in [1.165, 1.54) is 6.20 Å². The van der Waals surface area contributed by atoms with Crippen LogP contribution in [0.15, 0.2) is 47.2 Å². The highest BCUT2D eigenvalue weighted by Crippen LogP contribution is 2.28. The Bertz CT molecular complexity index is 523. The minimum atomic E-state index is -0.867. The van der Waals surface area contributed by atoms with Gasteiger partial charge >= 0.3 is 0 Å². The third kappa shape index (κ3) is 2.37. The van der Waals surface area contributed by atoms with E-state index in [0.717, 1.165) is 10.0 Å². The van der Waals surface area contributed by atoms with Crippen molar-refractivity contribution in [2.75, 3.05) is 0 Å². The van der Waals surface area contributed by atoms with Gasteiger partial charge in [-0.3, -0.25) is 4.98 Å². The van der Waals surface area contributed by atoms with Crippen LogP contribution in [0.1, 0.15) is 18.1 Å². The van der Waals surface area contributed by atoms with Crippen LogP contribution in [0.4, 0.5) is 4.39 Å². The Labute approximate surface area is 108 Å². The topological polar surface area (TPSA) is 38.9 Å². The number of hydrogen-bond donors (Lipinski definition) is 1. The molecule has 0 bridgehead atoms. The Morgan fingerprint density at radius 2 is 1.88 bits per heavy atom. The molecule has 0 aliphatic carbocycles. The van der Waals surface area contributed by atoms with Gasteiger partial charge in [-0.1, -0.05) is 28.1 Å². The van der Waals surface area contributed by atoms with Crippen LogP contribution in [0.5, 0.6) is 0 Å². The predicted molar refractivity (Wildman–Crippen MR) is 69.0 cm³/mol. The fourth-order valence-corrected chi connectivity index (χ4v) is 2.01. The summed E-state index contributed by atoms with van der Waals surface area (Å²) in [5.74, 6) is -0.389. The molecule has 1 heterocycles. The van der Waals surface area contributed by atoms with Crippen LogP contribution in [0, 0.1) is 5.82 Å². The average Bonchev–Trinajstić information content (AvgIpc) is 2.30. The lowest BCUT2D eigenvalue weighted by Gasteiger charge is -2.26. The largest absolute Gasteiger partial charge is 0.318 e. The molecule has 2 rings (SSSR count). The number of pyridine rings is 1. The fourth-order valence-electron chi connectivity index (χ4n) is 1.75. The van der Waals surface area contributed by atoms with E-state index in [9.17, 15) is 4.39 Å². The summed E-state index contributed by atoms with van der Waals surface area (Å²) in [6, 6.07) is 9.14. The van der Waals surface area contributed by atoms with Gasteiger partial charge in [0.05, 0.1) is 11.7 Å². The second kappa shape index (κ2) is 4.55. The molecule has 88 valence electrons. The van der Waals surface area contributed by atoms with Gasteiger partial charge in [0.25, 0.3) is 0 Å². The molecule has 0 saturated heterocycles. The lowest BCUT2D eigenvalue weighted by molar-refractivity contribution is 0.527. The van der Waals surface area contributed by atoms with Crippen molar-refractivity contribution < 1.29 is 4.39 Å². The quantitative estimate of drug-likeness (QED) is 0.924. The number of aromatic nitrogens is 1. The van der Waals surface area contributed by atoms with Crippen LogP contribution in [0.2, 0.25) is 0 Å². The first-order chi connectivity index (χ1) is 8.01. The van der Waals surface area contributed by atoms with Crippen molar-refractivity contribution in [1.29, 1.82) is 0 Å². The van der Waals surface area contributed by atoms with Crippen LogP contribution in [0.25, 0.3) is 0 Å². The molecule has 0 saturated carbocycles. The van der Waals surface area contributed by atoms with Crippen LogP contribution in [-0.2, 0) is 5.54 Å². The Kier molecular flexibility index (Phi) is 3.26. The molecule has 1 unspecified atom stereocenters. The molecule has 4 heteroatoms. The van der Waals surface area contributed by atoms with Gasteiger partial charge in [-0.2, -0.15) is 0 Å². The maximum atomic E-state index is 13.7. The van der Waals surface area contributed by atoms with Crippen LogP contribution >= 0.6 is 15.9 Å². The molecule has 1 aromatic heterocycles. The normalized spacial score (nSPS) is 14.4. The smallest absolute Gasteiger partial charge is 0.146 e. The Morgan fingerprint density at radius 1 is 1.24 bits per heavy atom. The zero-order valence-corrected chi connectivity index (χ0v) is 10.9. The van der Waals surface area contributed by atoms with E-state index in [-0.39, 0.29) is 5.82 Å². The number of halogens is 2. The van der Waals surface area contributed by atoms with Gasteiger partial charge in [0.2, 0.25) is 0 Å². The Hall–Kier alpha value is -1.26. The summed E-state index contributed by atoms with van der Waals surface area (Å²) in [7, 11) is 0. The van der Waals surface area contributed by atoms with Crippen molar-refractivity contribution in [1.82, 2.24) is 4.98 Å². The molecule has 0 spiro atoms. The maximum Gasteiger partial charge on any atom is 0.146 e. The lowest BCUT2D eigenvalue weighted by Crippen LogP contribution is -2.35. The summed E-state index contributed by atoms with van der Waals surface area (Å²) in [6.07, 6.45) is 2.72. The lowest BCUT2D eigenvalue weighted by atomic mass is 9.86. The standard InChI is InChI=1S/C13H12BrFN2/c1-13(16,9-2-4-10(14)5-3-9)11-6-7-17-8-12(11)15/h2-8H,16H2,1H3. The third-order valence-corrected chi connectivity index (χ3v) is 3.30. The van der Waals surface area contributed by atoms with Crippen molar-refractivity contribution >= 4 is 15.9 Å². The molecule has 0 amide bonds. The van der Waals surface area contributed by atoms with E-state index in [2.05, 4.69) is 20.9 Å². The van der Waals surface area contributed by atoms with E-state index in [0.29, 0.717) is 5.56 Å². The second-order valence-electron chi connectivity index (χ2n) is 4.06. The van der Waals surface area contributed by atoms with E-state index < -0.39 is 5.54 Å². The van der Waals surface area contributed by atoms with Crippen LogP contribution < -0.4 is 5.73 Å². The molecular formula is C13H12BrFN2. The van der Waals surface area contributed by atoms with E-state index in [1.54, 1.807) is 19.2 Å². The average molecular weight is 295 g/mol. The first-order valence-electron chi connectivity index (χ1n) is 5.17. The fraction of sp³-hybridized carbons (Fsp3) is 0.154. The highest BCUT2D eigenvalue weighted by molar-refractivity contribution is 9.10. The predicted octanol–water partition coefficient (Wildman–Crippen LogP) is 3.21. The first kappa shape index (κ1) is 12.2. The molecule has 0 radical (unpaired) electrons. The summed E-state index contributed by atoms with van der Waals surface area (Å²) in [4.78, 5) is 3.73. The molecule has 2 N–H and O–H groups in total. The highest BCUT2D eigenvalue weighted by atomic mass is 79.9. The van der Waals surface area contributed by atoms with Gasteiger partial charge < -0.3 is 5.73 Å². The zero-order chi connectivity index (χ0) is 12.5. The molecule has 0 aliphatic rings. The van der Waals surface area contributed by atoms with Gasteiger partial charge in [0, 0.05) is 16.2 Å². The number of benzene rings is 1. The Morgan fingerprint density at radius 3 is 2.47 bits per heavy atom. The van der Waals surface area contributed by atoms with Crippen molar-refractivity contribution in [2.45, 2.75) is 12.5 Å². The molecular weight excluding hydrogens is 283 g/mol. The number of rotatable bonds is 2. The van der Waals surface area contributed by atoms with Crippen molar-refractivity contribution in [3.05, 3.63) is 64.1 Å². The van der Waals surface area contributed by atoms with E-state index >= 15 is 0 Å². The van der Waals surface area contributed by atoms with Crippen LogP contribution in [-0.4, -0.2) is 4.98 Å². The van der Waals surface area contributed by atoms with Gasteiger partial charge in [0.15, 0.2) is 0 Å². The molecule has 0 aliphatic heterocycles. The minimum absolute atomic E-state index is 0.389. The SMILES string of the molecule is CC(N)(c1ccc(Br)cc1)c1ccncc1F. The van der Waals surface area contributed by atoms with Crippen molar-refractivity contribution in [2.24, 2.45) is 5.73 Å². The first-order valence-corrected chi connectivity index (χ1v) is 5.96. The van der Waals surface area contributed by atoms with Crippen molar-refractivity contribution in [3.8, 4) is 0 Å². The molecule has 2 aromatic rings. The summed E-state index contributed by atoms with van der Waals surface area (Å²) in [5.41, 5.74) is 6.65. The second-order valence-corrected chi connectivity index (χ2v) is 4.98. The molecule has 1 aromatic carbocycles. The monoisotopic (exact) mass is 294 g/mol. The summed E-state index contributed by atoms with van der Waals surface area (Å²) >= 11 is 3.36. The van der Waals surface area contributed by atoms with Crippen LogP contribution in [0.3, 0.4) is 0 Å². The minimum Gasteiger partial charge on any atom is -0.318 e. The summed E-state index contributed by atoms with van der Waals surface area (Å²) in [5, 5.41) is 0. The van der Waals surface area contributed by atoms with Gasteiger partial charge in [-0.05, 0) is 30.7 Å². The summed E-state index contributed by atoms with van der Waals surface area (Å²) < 4.78 is 14.7. The molecule has 17 heavy (non-hydrogen) atoms. The third-order valence-electron chi connectivity index (χ3n) is 2.78. The van der Waals surface area contributed by atoms with E-state index in [4.69, 9.17) is 5.73 Å². The van der Waals surface area contributed by atoms with Gasteiger partial charge in [0.1, 0.15) is 5.82 Å².